The summed E-state index contributed by atoms with van der Waals surface area (Å²) >= 11 is 0. The van der Waals surface area contributed by atoms with E-state index in [0.717, 1.165) is 17.8 Å². The molecule has 0 bridgehead atoms. The van der Waals surface area contributed by atoms with Gasteiger partial charge in [-0.1, -0.05) is 6.07 Å². The van der Waals surface area contributed by atoms with Gasteiger partial charge in [0, 0.05) is 24.0 Å². The molecule has 0 fully saturated rings. The van der Waals surface area contributed by atoms with E-state index in [0.29, 0.717) is 29.5 Å². The Labute approximate surface area is 192 Å². The number of alkyl halides is 3. The molecular formula is C22H17F3N6O2S. The maximum Gasteiger partial charge on any atom is 0.404 e. The van der Waals surface area contributed by atoms with E-state index in [2.05, 4.69) is 21.0 Å². The van der Waals surface area contributed by atoms with Crippen LogP contribution < -0.4 is 4.72 Å². The number of nitrogens with one attached hydrogen (secondary N) is 1. The van der Waals surface area contributed by atoms with Crippen LogP contribution in [0.25, 0.3) is 28.2 Å². The van der Waals surface area contributed by atoms with Gasteiger partial charge in [-0.15, -0.1) is 0 Å². The molecule has 4 aromatic heterocycles. The van der Waals surface area contributed by atoms with E-state index in [1.165, 1.54) is 6.07 Å². The fourth-order valence-corrected chi connectivity index (χ4v) is 4.56. The van der Waals surface area contributed by atoms with Crippen LogP contribution in [0.15, 0.2) is 59.9 Å². The van der Waals surface area contributed by atoms with E-state index in [1.54, 1.807) is 45.9 Å². The third kappa shape index (κ3) is 4.23. The average molecular weight is 486 g/mol. The number of halogens is 3. The molecule has 0 aliphatic heterocycles. The summed E-state index contributed by atoms with van der Waals surface area (Å²) < 4.78 is 66.5. The first-order valence-electron chi connectivity index (χ1n) is 9.91. The highest BCUT2D eigenvalue weighted by Gasteiger charge is 2.39. The number of nitrogens with zero attached hydrogens (tertiary/aromatic N) is 5. The Morgan fingerprint density at radius 1 is 1.12 bits per heavy atom. The monoisotopic (exact) mass is 486 g/mol. The van der Waals surface area contributed by atoms with Crippen molar-refractivity contribution in [1.29, 1.82) is 5.26 Å². The summed E-state index contributed by atoms with van der Waals surface area (Å²) in [6.45, 7) is 2.54. The maximum atomic E-state index is 12.8. The molecule has 4 heterocycles. The molecular weight excluding hydrogens is 469 g/mol. The first-order valence-corrected chi connectivity index (χ1v) is 11.4. The summed E-state index contributed by atoms with van der Waals surface area (Å²) in [5.74, 6) is 0.458. The van der Waals surface area contributed by atoms with Crippen LogP contribution in [0.1, 0.15) is 18.1 Å². The number of nitriles is 1. The predicted molar refractivity (Wildman–Crippen MR) is 117 cm³/mol. The van der Waals surface area contributed by atoms with Crippen molar-refractivity contribution >= 4 is 21.1 Å². The third-order valence-electron chi connectivity index (χ3n) is 5.05. The molecule has 0 radical (unpaired) electrons. The largest absolute Gasteiger partial charge is 0.404 e. The minimum atomic E-state index is -4.74. The first-order chi connectivity index (χ1) is 16.0. The molecule has 34 heavy (non-hydrogen) atoms. The zero-order valence-corrected chi connectivity index (χ0v) is 18.7. The summed E-state index contributed by atoms with van der Waals surface area (Å²) in [6.07, 6.45) is -0.580. The SMILES string of the molecule is Cc1cnc2c(c1)c(C#N)c(-c1ccc(S(=O)(=O)N[C@H](C)C(F)(F)F)cn1)n2-c1ccccn1. The van der Waals surface area contributed by atoms with Gasteiger partial charge in [0.1, 0.15) is 28.5 Å². The number of rotatable bonds is 5. The van der Waals surface area contributed by atoms with Crippen molar-refractivity contribution in [3.8, 4) is 23.3 Å². The van der Waals surface area contributed by atoms with Gasteiger partial charge in [-0.2, -0.15) is 23.2 Å². The van der Waals surface area contributed by atoms with Crippen molar-refractivity contribution in [3.63, 3.8) is 0 Å². The van der Waals surface area contributed by atoms with Crippen molar-refractivity contribution in [2.75, 3.05) is 0 Å². The number of pyridine rings is 3. The van der Waals surface area contributed by atoms with E-state index in [4.69, 9.17) is 0 Å². The summed E-state index contributed by atoms with van der Waals surface area (Å²) in [5.41, 5.74) is 2.09. The van der Waals surface area contributed by atoms with E-state index in [1.807, 2.05) is 6.92 Å². The van der Waals surface area contributed by atoms with Gasteiger partial charge >= 0.3 is 6.18 Å². The fraction of sp³-hybridized carbons (Fsp3) is 0.182. The molecule has 1 N–H and O–H groups in total. The summed E-state index contributed by atoms with van der Waals surface area (Å²) in [7, 11) is -4.48. The van der Waals surface area contributed by atoms with Crippen molar-refractivity contribution in [2.24, 2.45) is 0 Å². The molecule has 0 aliphatic carbocycles. The van der Waals surface area contributed by atoms with Gasteiger partial charge in [-0.3, -0.25) is 9.55 Å². The van der Waals surface area contributed by atoms with Crippen LogP contribution in [0.2, 0.25) is 0 Å². The van der Waals surface area contributed by atoms with Gasteiger partial charge < -0.3 is 0 Å². The fourth-order valence-electron chi connectivity index (χ4n) is 3.38. The smallest absolute Gasteiger partial charge is 0.275 e. The summed E-state index contributed by atoms with van der Waals surface area (Å²) in [6, 6.07) is 9.34. The van der Waals surface area contributed by atoms with Crippen LogP contribution in [0, 0.1) is 18.3 Å². The van der Waals surface area contributed by atoms with Gasteiger partial charge in [0.15, 0.2) is 0 Å². The normalized spacial score (nSPS) is 13.1. The van der Waals surface area contributed by atoms with Crippen molar-refractivity contribution in [3.05, 3.63) is 66.1 Å². The lowest BCUT2D eigenvalue weighted by atomic mass is 10.1. The molecule has 8 nitrogen and oxygen atoms in total. The zero-order valence-electron chi connectivity index (χ0n) is 17.9. The second-order valence-electron chi connectivity index (χ2n) is 7.51. The second kappa shape index (κ2) is 8.51. The number of sulfonamides is 1. The summed E-state index contributed by atoms with van der Waals surface area (Å²) in [4.78, 5) is 12.5. The van der Waals surface area contributed by atoms with Gasteiger partial charge in [-0.25, -0.2) is 18.4 Å². The molecule has 0 amide bonds. The summed E-state index contributed by atoms with van der Waals surface area (Å²) in [5, 5.41) is 10.5. The van der Waals surface area contributed by atoms with Gasteiger partial charge in [0.25, 0.3) is 0 Å². The number of hydrogen-bond donors (Lipinski definition) is 1. The Hall–Kier alpha value is -3.82. The Morgan fingerprint density at radius 2 is 1.88 bits per heavy atom. The lowest BCUT2D eigenvalue weighted by Gasteiger charge is -2.17. The minimum absolute atomic E-state index is 0.223. The van der Waals surface area contributed by atoms with Crippen molar-refractivity contribution in [2.45, 2.75) is 31.0 Å². The number of fused-ring (bicyclic) bond motifs is 1. The number of aromatic nitrogens is 4. The highest BCUT2D eigenvalue weighted by atomic mass is 32.2. The molecule has 4 rings (SSSR count). The molecule has 174 valence electrons. The standard InChI is InChI=1S/C22H17F3N6O2S/c1-13-9-16-17(10-26)20(31(21(16)29-11-13)19-5-3-4-8-27-19)18-7-6-15(12-28-18)34(32,33)30-14(2)22(23,24)25/h3-9,11-12,14,30H,1-2H3/t14-/m1/s1. The van der Waals surface area contributed by atoms with Crippen LogP contribution in [0.5, 0.6) is 0 Å². The second-order valence-corrected chi connectivity index (χ2v) is 9.22. The van der Waals surface area contributed by atoms with Crippen LogP contribution in [0.4, 0.5) is 13.2 Å². The Balaban J connectivity index is 1.87. The lowest BCUT2D eigenvalue weighted by Crippen LogP contribution is -2.42. The molecule has 0 aliphatic rings. The predicted octanol–water partition coefficient (Wildman–Crippen LogP) is 3.89. The van der Waals surface area contributed by atoms with Crippen LogP contribution in [0.3, 0.4) is 0 Å². The van der Waals surface area contributed by atoms with Gasteiger partial charge in [0.05, 0.1) is 17.0 Å². The van der Waals surface area contributed by atoms with E-state index < -0.39 is 27.1 Å². The number of hydrogen-bond acceptors (Lipinski definition) is 6. The van der Waals surface area contributed by atoms with Crippen LogP contribution in [-0.4, -0.2) is 40.2 Å². The quantitative estimate of drug-likeness (QED) is 0.458. The third-order valence-corrected chi connectivity index (χ3v) is 6.57. The first kappa shape index (κ1) is 23.3. The Kier molecular flexibility index (Phi) is 5.84. The Morgan fingerprint density at radius 3 is 2.47 bits per heavy atom. The molecule has 0 unspecified atom stereocenters. The molecule has 12 heteroatoms. The minimum Gasteiger partial charge on any atom is -0.275 e. The maximum absolute atomic E-state index is 12.8. The highest BCUT2D eigenvalue weighted by Crippen LogP contribution is 2.34. The van der Waals surface area contributed by atoms with E-state index in [9.17, 15) is 26.9 Å². The van der Waals surface area contributed by atoms with Crippen LogP contribution in [-0.2, 0) is 10.0 Å². The topological polar surface area (TPSA) is 114 Å². The average Bonchev–Trinajstić information content (AvgIpc) is 3.12. The Bertz CT molecular complexity index is 1510. The molecule has 0 spiro atoms. The van der Waals surface area contributed by atoms with E-state index in [-0.39, 0.29) is 11.3 Å². The molecule has 1 atom stereocenters. The van der Waals surface area contributed by atoms with Crippen LogP contribution >= 0.6 is 0 Å². The van der Waals surface area contributed by atoms with E-state index >= 15 is 0 Å². The zero-order chi connectivity index (χ0) is 24.7. The van der Waals surface area contributed by atoms with Crippen molar-refractivity contribution < 1.29 is 21.6 Å². The van der Waals surface area contributed by atoms with Crippen molar-refractivity contribution in [1.82, 2.24) is 24.2 Å². The lowest BCUT2D eigenvalue weighted by molar-refractivity contribution is -0.147. The molecule has 4 aromatic rings. The van der Waals surface area contributed by atoms with Gasteiger partial charge in [0.2, 0.25) is 10.0 Å². The number of aryl methyl sites for hydroxylation is 1. The molecule has 0 saturated heterocycles. The molecule has 0 saturated carbocycles. The molecule has 0 aromatic carbocycles. The van der Waals surface area contributed by atoms with Gasteiger partial charge in [-0.05, 0) is 49.7 Å². The highest BCUT2D eigenvalue weighted by molar-refractivity contribution is 7.89.